The molecule has 0 bridgehead atoms. The maximum absolute atomic E-state index is 11.8. The van der Waals surface area contributed by atoms with Crippen LogP contribution in [0.2, 0.25) is 0 Å². The van der Waals surface area contributed by atoms with Gasteiger partial charge in [-0.25, -0.2) is 8.78 Å². The van der Waals surface area contributed by atoms with E-state index in [9.17, 15) is 13.6 Å². The first-order valence-electron chi connectivity index (χ1n) is 5.98. The number of alkyl halides is 2. The molecule has 0 aromatic carbocycles. The highest BCUT2D eigenvalue weighted by atomic mass is 32.1. The minimum Gasteiger partial charge on any atom is -0.374 e. The molecule has 1 amide bonds. The number of carbonyl (C=O) groups is 1. The van der Waals surface area contributed by atoms with Crippen molar-refractivity contribution in [3.8, 4) is 11.8 Å². The van der Waals surface area contributed by atoms with E-state index < -0.39 is 13.0 Å². The average Bonchev–Trinajstić information content (AvgIpc) is 2.77. The number of ether oxygens (including phenoxy) is 1. The summed E-state index contributed by atoms with van der Waals surface area (Å²) in [7, 11) is 0. The highest BCUT2D eigenvalue weighted by Crippen LogP contribution is 2.20. The van der Waals surface area contributed by atoms with Crippen LogP contribution in [0.3, 0.4) is 0 Å². The van der Waals surface area contributed by atoms with Crippen LogP contribution in [0.15, 0.2) is 6.07 Å². The van der Waals surface area contributed by atoms with Gasteiger partial charge >= 0.3 is 0 Å². The van der Waals surface area contributed by atoms with E-state index >= 15 is 0 Å². The first-order valence-corrected chi connectivity index (χ1v) is 6.79. The Bertz CT molecular complexity index is 506. The summed E-state index contributed by atoms with van der Waals surface area (Å²) in [6, 6.07) is 1.74. The number of hydrogen-bond acceptors (Lipinski definition) is 4. The lowest BCUT2D eigenvalue weighted by Gasteiger charge is -2.04. The third kappa shape index (κ3) is 5.65. The van der Waals surface area contributed by atoms with E-state index in [0.717, 1.165) is 10.4 Å². The second-order valence-electron chi connectivity index (χ2n) is 3.85. The van der Waals surface area contributed by atoms with Gasteiger partial charge < -0.3 is 15.8 Å². The Hall–Kier alpha value is -1.49. The van der Waals surface area contributed by atoms with Crippen molar-refractivity contribution in [1.29, 1.82) is 0 Å². The van der Waals surface area contributed by atoms with Gasteiger partial charge in [-0.1, -0.05) is 11.8 Å². The molecule has 1 heterocycles. The lowest BCUT2D eigenvalue weighted by molar-refractivity contribution is 0.0188. The van der Waals surface area contributed by atoms with E-state index in [1.807, 2.05) is 6.92 Å². The molecular weight excluding hydrogens is 286 g/mol. The highest BCUT2D eigenvalue weighted by molar-refractivity contribution is 7.14. The van der Waals surface area contributed by atoms with E-state index in [-0.39, 0.29) is 25.6 Å². The van der Waals surface area contributed by atoms with Crippen molar-refractivity contribution in [1.82, 2.24) is 5.32 Å². The number of amides is 1. The van der Waals surface area contributed by atoms with Crippen molar-refractivity contribution in [2.75, 3.05) is 26.3 Å². The van der Waals surface area contributed by atoms with Gasteiger partial charge in [-0.15, -0.1) is 11.3 Å². The number of nitrogens with one attached hydrogen (secondary N) is 1. The minimum absolute atomic E-state index is 0.0558. The zero-order chi connectivity index (χ0) is 15.0. The number of nitrogens with two attached hydrogens (primary N) is 1. The molecule has 4 nitrogen and oxygen atoms in total. The number of hydrogen-bond donors (Lipinski definition) is 2. The first kappa shape index (κ1) is 16.6. The topological polar surface area (TPSA) is 64.3 Å². The summed E-state index contributed by atoms with van der Waals surface area (Å²) < 4.78 is 28.3. The lowest BCUT2D eigenvalue weighted by atomic mass is 10.2. The number of thiophene rings is 1. The predicted molar refractivity (Wildman–Crippen MR) is 74.1 cm³/mol. The molecule has 0 spiro atoms. The van der Waals surface area contributed by atoms with Gasteiger partial charge in [0, 0.05) is 6.54 Å². The Morgan fingerprint density at radius 3 is 3.00 bits per heavy atom. The Labute approximate surface area is 120 Å². The summed E-state index contributed by atoms with van der Waals surface area (Å²) in [6.45, 7) is 1.75. The molecule has 0 unspecified atom stereocenters. The molecule has 1 rings (SSSR count). The summed E-state index contributed by atoms with van der Waals surface area (Å²) in [4.78, 5) is 13.1. The van der Waals surface area contributed by atoms with Crippen molar-refractivity contribution < 1.29 is 18.3 Å². The van der Waals surface area contributed by atoms with Crippen LogP contribution in [-0.4, -0.2) is 38.6 Å². The molecule has 20 heavy (non-hydrogen) atoms. The second kappa shape index (κ2) is 8.64. The largest absolute Gasteiger partial charge is 0.374 e. The predicted octanol–water partition coefficient (Wildman–Crippen LogP) is 1.38. The molecule has 7 heteroatoms. The van der Waals surface area contributed by atoms with Crippen LogP contribution in [0.1, 0.15) is 20.1 Å². The van der Waals surface area contributed by atoms with Crippen molar-refractivity contribution >= 4 is 17.2 Å². The number of halogens is 2. The third-order valence-corrected chi connectivity index (χ3v) is 3.37. The van der Waals surface area contributed by atoms with E-state index in [4.69, 9.17) is 5.73 Å². The molecule has 3 N–H and O–H groups in total. The Morgan fingerprint density at radius 2 is 2.35 bits per heavy atom. The van der Waals surface area contributed by atoms with Gasteiger partial charge in [-0.3, -0.25) is 4.79 Å². The van der Waals surface area contributed by atoms with Gasteiger partial charge in [0.2, 0.25) is 0 Å². The molecule has 0 fully saturated rings. The fourth-order valence-electron chi connectivity index (χ4n) is 1.35. The molecule has 0 saturated carbocycles. The van der Waals surface area contributed by atoms with Crippen molar-refractivity contribution in [2.45, 2.75) is 13.3 Å². The smallest absolute Gasteiger partial charge is 0.261 e. The van der Waals surface area contributed by atoms with Crippen molar-refractivity contribution in [2.24, 2.45) is 5.73 Å². The molecule has 110 valence electrons. The molecule has 0 aliphatic carbocycles. The van der Waals surface area contributed by atoms with E-state index in [0.29, 0.717) is 4.88 Å². The molecule has 1 aromatic heterocycles. The van der Waals surface area contributed by atoms with E-state index in [1.165, 1.54) is 11.3 Å². The van der Waals surface area contributed by atoms with Crippen LogP contribution in [0, 0.1) is 18.8 Å². The summed E-state index contributed by atoms with van der Waals surface area (Å²) in [5, 5.41) is 2.60. The zero-order valence-corrected chi connectivity index (χ0v) is 11.9. The molecule has 0 aliphatic heterocycles. The SMILES string of the molecule is Cc1cc(C(=O)NCCOCC(F)F)sc1C#CCN. The Kier molecular flexibility index (Phi) is 7.15. The number of carbonyl (C=O) groups excluding carboxylic acids is 1. The average molecular weight is 302 g/mol. The van der Waals surface area contributed by atoms with Crippen molar-refractivity contribution in [3.05, 3.63) is 21.4 Å². The number of aryl methyl sites for hydroxylation is 1. The summed E-state index contributed by atoms with van der Waals surface area (Å²) in [6.07, 6.45) is -2.49. The van der Waals surface area contributed by atoms with E-state index in [2.05, 4.69) is 21.9 Å². The van der Waals surface area contributed by atoms with Gasteiger partial charge in [0.1, 0.15) is 6.61 Å². The molecule has 0 atom stereocenters. The molecule has 0 radical (unpaired) electrons. The maximum atomic E-state index is 11.8. The van der Waals surface area contributed by atoms with Crippen LogP contribution >= 0.6 is 11.3 Å². The summed E-state index contributed by atoms with van der Waals surface area (Å²) >= 11 is 1.27. The fourth-order valence-corrected chi connectivity index (χ4v) is 2.31. The van der Waals surface area contributed by atoms with Crippen LogP contribution < -0.4 is 11.1 Å². The minimum atomic E-state index is -2.49. The van der Waals surface area contributed by atoms with Gasteiger partial charge in [0.05, 0.1) is 22.9 Å². The second-order valence-corrected chi connectivity index (χ2v) is 4.90. The molecule has 0 aliphatic rings. The van der Waals surface area contributed by atoms with Gasteiger partial charge in [0.15, 0.2) is 0 Å². The van der Waals surface area contributed by atoms with E-state index in [1.54, 1.807) is 6.07 Å². The third-order valence-electron chi connectivity index (χ3n) is 2.22. The monoisotopic (exact) mass is 302 g/mol. The number of rotatable bonds is 6. The normalized spacial score (nSPS) is 10.2. The summed E-state index contributed by atoms with van der Waals surface area (Å²) in [5.41, 5.74) is 6.21. The highest BCUT2D eigenvalue weighted by Gasteiger charge is 2.11. The van der Waals surface area contributed by atoms with Crippen LogP contribution in [0.25, 0.3) is 0 Å². The van der Waals surface area contributed by atoms with Gasteiger partial charge in [-0.2, -0.15) is 0 Å². The van der Waals surface area contributed by atoms with Crippen LogP contribution in [-0.2, 0) is 4.74 Å². The van der Waals surface area contributed by atoms with Crippen molar-refractivity contribution in [3.63, 3.8) is 0 Å². The Balaban J connectivity index is 2.44. The Morgan fingerprint density at radius 1 is 1.60 bits per heavy atom. The molecule has 0 saturated heterocycles. The van der Waals surface area contributed by atoms with Crippen LogP contribution in [0.5, 0.6) is 0 Å². The quantitative estimate of drug-likeness (QED) is 0.616. The zero-order valence-electron chi connectivity index (χ0n) is 11.0. The molecule has 1 aromatic rings. The standard InChI is InChI=1S/C13H16F2N2O2S/c1-9-7-11(20-10(9)3-2-4-16)13(18)17-5-6-19-8-12(14)15/h7,12H,4-6,8,16H2,1H3,(H,17,18). The molecular formula is C13H16F2N2O2S. The van der Waals surface area contributed by atoms with Gasteiger partial charge in [0.25, 0.3) is 12.3 Å². The maximum Gasteiger partial charge on any atom is 0.261 e. The van der Waals surface area contributed by atoms with Crippen LogP contribution in [0.4, 0.5) is 8.78 Å². The lowest BCUT2D eigenvalue weighted by Crippen LogP contribution is -2.27. The fraction of sp³-hybridized carbons (Fsp3) is 0.462. The summed E-state index contributed by atoms with van der Waals surface area (Å²) in [5.74, 6) is 5.36. The first-order chi connectivity index (χ1) is 9.54. The van der Waals surface area contributed by atoms with Gasteiger partial charge in [-0.05, 0) is 18.6 Å².